The van der Waals surface area contributed by atoms with Gasteiger partial charge in [0.05, 0.1) is 5.25 Å². The maximum absolute atomic E-state index is 12.4. The molecule has 0 radical (unpaired) electrons. The minimum Gasteiger partial charge on any atom is -0.486 e. The number of H-pyrrole nitrogens is 1. The molecule has 1 unspecified atom stereocenters. The molecule has 0 aliphatic carbocycles. The van der Waals surface area contributed by atoms with Crippen LogP contribution in [0.4, 0.5) is 5.82 Å². The van der Waals surface area contributed by atoms with Gasteiger partial charge in [0.1, 0.15) is 18.1 Å². The lowest BCUT2D eigenvalue weighted by Gasteiger charge is -2.10. The Kier molecular flexibility index (Phi) is 6.36. The van der Waals surface area contributed by atoms with Gasteiger partial charge in [-0.2, -0.15) is 0 Å². The fourth-order valence-electron chi connectivity index (χ4n) is 2.16. The number of nitrogens with zero attached hydrogens (tertiary/aromatic N) is 3. The molecule has 0 saturated carbocycles. The predicted octanol–water partition coefficient (Wildman–Crippen LogP) is 3.84. The Morgan fingerprint density at radius 2 is 2.19 bits per heavy atom. The van der Waals surface area contributed by atoms with E-state index in [-0.39, 0.29) is 17.8 Å². The number of hydrogen-bond acceptors (Lipinski definition) is 7. The number of benzene rings is 1. The number of hydrogen-bond donors (Lipinski definition) is 2. The maximum atomic E-state index is 12.4. The highest BCUT2D eigenvalue weighted by molar-refractivity contribution is 8.00. The number of ether oxygens (including phenoxy) is 1. The van der Waals surface area contributed by atoms with Gasteiger partial charge in [0.25, 0.3) is 0 Å². The van der Waals surface area contributed by atoms with Crippen molar-refractivity contribution in [1.82, 2.24) is 20.3 Å². The van der Waals surface area contributed by atoms with Crippen LogP contribution in [0.2, 0.25) is 5.02 Å². The molecule has 0 bridgehead atoms. The standard InChI is InChI=1S/C17H18ClN5O3S/c1-3-13(16(24)19-14-8-10(2)26-23-14)27-17-20-15(21-22-17)9-25-12-6-4-11(18)5-7-12/h4-8,13H,3,9H2,1-2H3,(H,19,23,24)(H,20,21,22). The first kappa shape index (κ1) is 19.2. The SMILES string of the molecule is CCC(Sc1n[nH]c(COc2ccc(Cl)cc2)n1)C(=O)Nc1cc(C)on1. The van der Waals surface area contributed by atoms with Crippen LogP contribution in [0.3, 0.4) is 0 Å². The molecule has 3 rings (SSSR count). The monoisotopic (exact) mass is 407 g/mol. The summed E-state index contributed by atoms with van der Waals surface area (Å²) >= 11 is 7.11. The molecular weight excluding hydrogens is 390 g/mol. The largest absolute Gasteiger partial charge is 0.486 e. The fourth-order valence-corrected chi connectivity index (χ4v) is 3.13. The second kappa shape index (κ2) is 8.92. The summed E-state index contributed by atoms with van der Waals surface area (Å²) in [4.78, 5) is 16.7. The van der Waals surface area contributed by atoms with Crippen molar-refractivity contribution in [3.63, 3.8) is 0 Å². The molecule has 3 aromatic rings. The molecule has 0 saturated heterocycles. The highest BCUT2D eigenvalue weighted by Crippen LogP contribution is 2.24. The lowest BCUT2D eigenvalue weighted by molar-refractivity contribution is -0.115. The number of carbonyl (C=O) groups excluding carboxylic acids is 1. The summed E-state index contributed by atoms with van der Waals surface area (Å²) in [7, 11) is 0. The zero-order valence-corrected chi connectivity index (χ0v) is 16.3. The number of aromatic nitrogens is 4. The van der Waals surface area contributed by atoms with E-state index in [0.717, 1.165) is 0 Å². The minimum absolute atomic E-state index is 0.181. The lowest BCUT2D eigenvalue weighted by Crippen LogP contribution is -2.24. The molecule has 2 aromatic heterocycles. The highest BCUT2D eigenvalue weighted by Gasteiger charge is 2.21. The van der Waals surface area contributed by atoms with E-state index in [4.69, 9.17) is 20.9 Å². The summed E-state index contributed by atoms with van der Waals surface area (Å²) in [6.45, 7) is 3.91. The van der Waals surface area contributed by atoms with Crippen LogP contribution in [-0.2, 0) is 11.4 Å². The quantitative estimate of drug-likeness (QED) is 0.546. The molecule has 8 nitrogen and oxygen atoms in total. The van der Waals surface area contributed by atoms with E-state index in [2.05, 4.69) is 25.7 Å². The third-order valence-electron chi connectivity index (χ3n) is 3.49. The third kappa shape index (κ3) is 5.48. The molecule has 1 atom stereocenters. The van der Waals surface area contributed by atoms with E-state index >= 15 is 0 Å². The summed E-state index contributed by atoms with van der Waals surface area (Å²) in [6.07, 6.45) is 0.610. The van der Waals surface area contributed by atoms with Crippen molar-refractivity contribution in [3.8, 4) is 5.75 Å². The molecule has 0 fully saturated rings. The van der Waals surface area contributed by atoms with Gasteiger partial charge in [0.15, 0.2) is 11.6 Å². The molecule has 0 spiro atoms. The minimum atomic E-state index is -0.358. The summed E-state index contributed by atoms with van der Waals surface area (Å²) in [5.74, 6) is 2.09. The number of aryl methyl sites for hydroxylation is 1. The van der Waals surface area contributed by atoms with Crippen molar-refractivity contribution < 1.29 is 14.1 Å². The van der Waals surface area contributed by atoms with Crippen LogP contribution >= 0.6 is 23.4 Å². The van der Waals surface area contributed by atoms with Gasteiger partial charge < -0.3 is 14.6 Å². The van der Waals surface area contributed by atoms with Crippen LogP contribution in [0.15, 0.2) is 40.0 Å². The first-order chi connectivity index (χ1) is 13.0. The smallest absolute Gasteiger partial charge is 0.239 e. The van der Waals surface area contributed by atoms with E-state index in [1.165, 1.54) is 11.8 Å². The van der Waals surface area contributed by atoms with Crippen molar-refractivity contribution >= 4 is 35.1 Å². The van der Waals surface area contributed by atoms with Crippen molar-refractivity contribution in [2.24, 2.45) is 0 Å². The van der Waals surface area contributed by atoms with Gasteiger partial charge in [-0.1, -0.05) is 35.4 Å². The fraction of sp³-hybridized carbons (Fsp3) is 0.294. The zero-order valence-electron chi connectivity index (χ0n) is 14.7. The Morgan fingerprint density at radius 3 is 2.85 bits per heavy atom. The van der Waals surface area contributed by atoms with Gasteiger partial charge in [0.2, 0.25) is 11.1 Å². The number of amides is 1. The molecular formula is C17H18ClN5O3S. The van der Waals surface area contributed by atoms with Gasteiger partial charge >= 0.3 is 0 Å². The molecule has 142 valence electrons. The van der Waals surface area contributed by atoms with Crippen molar-refractivity contribution in [2.45, 2.75) is 37.3 Å². The van der Waals surface area contributed by atoms with Crippen LogP contribution < -0.4 is 10.1 Å². The van der Waals surface area contributed by atoms with Crippen LogP contribution in [0.1, 0.15) is 24.9 Å². The van der Waals surface area contributed by atoms with Crippen LogP contribution in [0, 0.1) is 6.92 Å². The molecule has 1 amide bonds. The number of thioether (sulfide) groups is 1. The molecule has 0 aliphatic heterocycles. The zero-order chi connectivity index (χ0) is 19.2. The highest BCUT2D eigenvalue weighted by atomic mass is 35.5. The van der Waals surface area contributed by atoms with Gasteiger partial charge in [-0.05, 0) is 37.6 Å². The van der Waals surface area contributed by atoms with Crippen LogP contribution in [0.25, 0.3) is 0 Å². The lowest BCUT2D eigenvalue weighted by atomic mass is 10.3. The average molecular weight is 408 g/mol. The molecule has 2 N–H and O–H groups in total. The van der Waals surface area contributed by atoms with Gasteiger partial charge in [0, 0.05) is 11.1 Å². The van der Waals surface area contributed by atoms with Gasteiger partial charge in [-0.15, -0.1) is 5.10 Å². The summed E-state index contributed by atoms with van der Waals surface area (Å²) in [6, 6.07) is 8.71. The number of nitrogens with one attached hydrogen (secondary N) is 2. The summed E-state index contributed by atoms with van der Waals surface area (Å²) in [5, 5.41) is 14.2. The summed E-state index contributed by atoms with van der Waals surface area (Å²) in [5.41, 5.74) is 0. The predicted molar refractivity (Wildman–Crippen MR) is 102 cm³/mol. The number of carbonyl (C=O) groups is 1. The van der Waals surface area contributed by atoms with E-state index < -0.39 is 0 Å². The normalized spacial score (nSPS) is 12.0. The Labute approximate surface area is 165 Å². The average Bonchev–Trinajstić information content (AvgIpc) is 3.27. The van der Waals surface area contributed by atoms with E-state index in [0.29, 0.717) is 39.8 Å². The molecule has 1 aromatic carbocycles. The Balaban J connectivity index is 1.54. The first-order valence-electron chi connectivity index (χ1n) is 8.24. The van der Waals surface area contributed by atoms with E-state index in [1.807, 2.05) is 6.92 Å². The molecule has 27 heavy (non-hydrogen) atoms. The molecule has 0 aliphatic rings. The molecule has 2 heterocycles. The van der Waals surface area contributed by atoms with Gasteiger partial charge in [-0.3, -0.25) is 9.89 Å². The second-order valence-corrected chi connectivity index (χ2v) is 7.24. The first-order valence-corrected chi connectivity index (χ1v) is 9.49. The van der Waals surface area contributed by atoms with Crippen LogP contribution in [-0.4, -0.2) is 31.5 Å². The topological polar surface area (TPSA) is 106 Å². The summed E-state index contributed by atoms with van der Waals surface area (Å²) < 4.78 is 10.6. The van der Waals surface area contributed by atoms with Crippen molar-refractivity contribution in [1.29, 1.82) is 0 Å². The van der Waals surface area contributed by atoms with Gasteiger partial charge in [-0.25, -0.2) is 4.98 Å². The number of aromatic amines is 1. The second-order valence-electron chi connectivity index (χ2n) is 5.63. The van der Waals surface area contributed by atoms with E-state index in [1.54, 1.807) is 37.3 Å². The number of anilines is 1. The Bertz CT molecular complexity index is 896. The van der Waals surface area contributed by atoms with Crippen LogP contribution in [0.5, 0.6) is 5.75 Å². The number of rotatable bonds is 8. The van der Waals surface area contributed by atoms with Crippen molar-refractivity contribution in [2.75, 3.05) is 5.32 Å². The maximum Gasteiger partial charge on any atom is 0.239 e. The van der Waals surface area contributed by atoms with Crippen molar-refractivity contribution in [3.05, 3.63) is 46.9 Å². The Hall–Kier alpha value is -2.52. The number of halogens is 1. The van der Waals surface area contributed by atoms with E-state index in [9.17, 15) is 4.79 Å². The third-order valence-corrected chi connectivity index (χ3v) is 4.97. The molecule has 10 heteroatoms. The Morgan fingerprint density at radius 1 is 1.41 bits per heavy atom.